The Kier molecular flexibility index (Phi) is 5.17. The molecule has 0 spiro atoms. The summed E-state index contributed by atoms with van der Waals surface area (Å²) in [5, 5.41) is 9.90. The van der Waals surface area contributed by atoms with E-state index in [1.807, 2.05) is 20.8 Å². The maximum absolute atomic E-state index is 11.8. The summed E-state index contributed by atoms with van der Waals surface area (Å²) in [4.78, 5) is 24.5. The minimum absolute atomic E-state index is 0.0384. The molecule has 1 amide bonds. The normalized spacial score (nSPS) is 21.1. The van der Waals surface area contributed by atoms with Gasteiger partial charge in [0, 0.05) is 19.0 Å². The molecule has 1 saturated heterocycles. The summed E-state index contributed by atoms with van der Waals surface area (Å²) in [5.41, 5.74) is -0.528. The molecule has 1 rings (SSSR count). The quantitative estimate of drug-likeness (QED) is 0.781. The Balaban J connectivity index is 2.45. The summed E-state index contributed by atoms with van der Waals surface area (Å²) < 4.78 is 9.78. The van der Waals surface area contributed by atoms with E-state index in [0.29, 0.717) is 19.5 Å². The third-order valence-electron chi connectivity index (χ3n) is 3.02. The molecule has 0 aromatic rings. The van der Waals surface area contributed by atoms with Gasteiger partial charge < -0.3 is 19.5 Å². The molecule has 1 heterocycles. The van der Waals surface area contributed by atoms with Crippen LogP contribution in [-0.2, 0) is 14.3 Å². The zero-order chi connectivity index (χ0) is 14.6. The van der Waals surface area contributed by atoms with Gasteiger partial charge in [-0.05, 0) is 27.2 Å². The average molecular weight is 273 g/mol. The zero-order valence-electron chi connectivity index (χ0n) is 12.0. The molecule has 0 aromatic carbocycles. The first kappa shape index (κ1) is 15.8. The van der Waals surface area contributed by atoms with E-state index in [-0.39, 0.29) is 18.4 Å². The number of carbonyl (C=O) groups excluding carboxylic acids is 2. The van der Waals surface area contributed by atoms with Gasteiger partial charge >= 0.3 is 12.1 Å². The molecule has 6 nitrogen and oxygen atoms in total. The Hall–Kier alpha value is -1.30. The van der Waals surface area contributed by atoms with Crippen molar-refractivity contribution < 1.29 is 24.2 Å². The van der Waals surface area contributed by atoms with Gasteiger partial charge in [0.2, 0.25) is 0 Å². The lowest BCUT2D eigenvalue weighted by Gasteiger charge is -2.24. The maximum atomic E-state index is 11.8. The van der Waals surface area contributed by atoms with Crippen molar-refractivity contribution >= 4 is 12.1 Å². The first-order chi connectivity index (χ1) is 8.73. The Morgan fingerprint density at radius 2 is 2.05 bits per heavy atom. The predicted molar refractivity (Wildman–Crippen MR) is 68.6 cm³/mol. The first-order valence-electron chi connectivity index (χ1n) is 6.45. The largest absolute Gasteiger partial charge is 0.469 e. The SMILES string of the molecule is COC(=O)CC(O)[C@H]1CCN(C(=O)OC(C)(C)C)C1. The molecule has 0 aromatic heterocycles. The standard InChI is InChI=1S/C13H23NO5/c1-13(2,3)19-12(17)14-6-5-9(8-14)10(15)7-11(16)18-4/h9-10,15H,5-8H2,1-4H3/t9-,10?/m0/s1. The summed E-state index contributed by atoms with van der Waals surface area (Å²) in [6, 6.07) is 0. The fourth-order valence-electron chi connectivity index (χ4n) is 2.01. The van der Waals surface area contributed by atoms with E-state index in [2.05, 4.69) is 4.74 Å². The molecule has 1 aliphatic heterocycles. The number of methoxy groups -OCH3 is 1. The van der Waals surface area contributed by atoms with E-state index >= 15 is 0 Å². The highest BCUT2D eigenvalue weighted by Crippen LogP contribution is 2.23. The summed E-state index contributed by atoms with van der Waals surface area (Å²) in [7, 11) is 1.29. The smallest absolute Gasteiger partial charge is 0.410 e. The Morgan fingerprint density at radius 3 is 2.58 bits per heavy atom. The number of hydrogen-bond donors (Lipinski definition) is 1. The number of hydrogen-bond acceptors (Lipinski definition) is 5. The fourth-order valence-corrected chi connectivity index (χ4v) is 2.01. The lowest BCUT2D eigenvalue weighted by molar-refractivity contribution is -0.143. The van der Waals surface area contributed by atoms with E-state index in [9.17, 15) is 14.7 Å². The molecule has 1 fully saturated rings. The average Bonchev–Trinajstić information content (AvgIpc) is 2.75. The van der Waals surface area contributed by atoms with Crippen molar-refractivity contribution in [3.63, 3.8) is 0 Å². The van der Waals surface area contributed by atoms with E-state index in [4.69, 9.17) is 4.74 Å². The van der Waals surface area contributed by atoms with E-state index in [0.717, 1.165) is 0 Å². The summed E-state index contributed by atoms with van der Waals surface area (Å²) in [6.45, 7) is 6.38. The molecule has 0 radical (unpaired) electrons. The van der Waals surface area contributed by atoms with Crippen molar-refractivity contribution in [1.29, 1.82) is 0 Å². The van der Waals surface area contributed by atoms with Crippen LogP contribution in [0, 0.1) is 5.92 Å². The second-order valence-electron chi connectivity index (χ2n) is 5.82. The van der Waals surface area contributed by atoms with Crippen molar-refractivity contribution in [2.45, 2.75) is 45.3 Å². The maximum Gasteiger partial charge on any atom is 0.410 e. The van der Waals surface area contributed by atoms with E-state index in [1.54, 1.807) is 4.90 Å². The van der Waals surface area contributed by atoms with E-state index in [1.165, 1.54) is 7.11 Å². The Bertz CT molecular complexity index is 336. The summed E-state index contributed by atoms with van der Waals surface area (Å²) in [5.74, 6) is -0.546. The zero-order valence-corrected chi connectivity index (χ0v) is 12.0. The second-order valence-corrected chi connectivity index (χ2v) is 5.82. The molecule has 2 atom stereocenters. The number of nitrogens with zero attached hydrogens (tertiary/aromatic N) is 1. The van der Waals surface area contributed by atoms with Crippen molar-refractivity contribution in [1.82, 2.24) is 4.90 Å². The lowest BCUT2D eigenvalue weighted by atomic mass is 9.99. The highest BCUT2D eigenvalue weighted by molar-refractivity contribution is 5.70. The Morgan fingerprint density at radius 1 is 1.42 bits per heavy atom. The number of esters is 1. The lowest BCUT2D eigenvalue weighted by Crippen LogP contribution is -2.36. The third-order valence-corrected chi connectivity index (χ3v) is 3.02. The summed E-state index contributed by atoms with van der Waals surface area (Å²) in [6.07, 6.45) is -0.527. The van der Waals surface area contributed by atoms with Gasteiger partial charge in [-0.25, -0.2) is 4.79 Å². The van der Waals surface area contributed by atoms with Crippen LogP contribution in [0.3, 0.4) is 0 Å². The van der Waals surface area contributed by atoms with Gasteiger partial charge in [0.25, 0.3) is 0 Å². The molecular formula is C13H23NO5. The van der Waals surface area contributed by atoms with Crippen LogP contribution in [0.25, 0.3) is 0 Å². The molecule has 1 aliphatic rings. The molecule has 0 saturated carbocycles. The van der Waals surface area contributed by atoms with Crippen LogP contribution >= 0.6 is 0 Å². The van der Waals surface area contributed by atoms with Gasteiger partial charge in [-0.1, -0.05) is 0 Å². The highest BCUT2D eigenvalue weighted by atomic mass is 16.6. The number of carbonyl (C=O) groups is 2. The van der Waals surface area contributed by atoms with Crippen LogP contribution in [-0.4, -0.2) is 54.0 Å². The van der Waals surface area contributed by atoms with Crippen LogP contribution in [0.2, 0.25) is 0 Å². The minimum Gasteiger partial charge on any atom is -0.469 e. The van der Waals surface area contributed by atoms with Crippen LogP contribution in [0.5, 0.6) is 0 Å². The monoisotopic (exact) mass is 273 g/mol. The molecule has 110 valence electrons. The van der Waals surface area contributed by atoms with Gasteiger partial charge in [-0.15, -0.1) is 0 Å². The molecule has 1 N–H and O–H groups in total. The number of rotatable bonds is 3. The minimum atomic E-state index is -0.778. The summed E-state index contributed by atoms with van der Waals surface area (Å²) >= 11 is 0. The molecule has 1 unspecified atom stereocenters. The second kappa shape index (κ2) is 6.23. The number of amides is 1. The molecule has 19 heavy (non-hydrogen) atoms. The van der Waals surface area contributed by atoms with Crippen molar-refractivity contribution in [2.75, 3.05) is 20.2 Å². The first-order valence-corrected chi connectivity index (χ1v) is 6.45. The van der Waals surface area contributed by atoms with Crippen molar-refractivity contribution in [2.24, 2.45) is 5.92 Å². The number of aliphatic hydroxyl groups excluding tert-OH is 1. The fraction of sp³-hybridized carbons (Fsp3) is 0.846. The molecule has 6 heteroatoms. The van der Waals surface area contributed by atoms with Crippen molar-refractivity contribution in [3.8, 4) is 0 Å². The number of ether oxygens (including phenoxy) is 2. The van der Waals surface area contributed by atoms with Crippen LogP contribution < -0.4 is 0 Å². The van der Waals surface area contributed by atoms with Gasteiger partial charge in [0.05, 0.1) is 19.6 Å². The number of likely N-dealkylation sites (tertiary alicyclic amines) is 1. The Labute approximate surface area is 113 Å². The molecular weight excluding hydrogens is 250 g/mol. The van der Waals surface area contributed by atoms with Gasteiger partial charge in [0.1, 0.15) is 5.60 Å². The van der Waals surface area contributed by atoms with Crippen molar-refractivity contribution in [3.05, 3.63) is 0 Å². The van der Waals surface area contributed by atoms with Gasteiger partial charge in [0.15, 0.2) is 0 Å². The van der Waals surface area contributed by atoms with Gasteiger partial charge in [-0.3, -0.25) is 4.79 Å². The predicted octanol–water partition coefficient (Wildman–Crippen LogP) is 1.17. The van der Waals surface area contributed by atoms with Crippen LogP contribution in [0.4, 0.5) is 4.79 Å². The number of aliphatic hydroxyl groups is 1. The van der Waals surface area contributed by atoms with Crippen LogP contribution in [0.15, 0.2) is 0 Å². The topological polar surface area (TPSA) is 76.1 Å². The highest BCUT2D eigenvalue weighted by Gasteiger charge is 2.34. The molecule has 0 aliphatic carbocycles. The van der Waals surface area contributed by atoms with Gasteiger partial charge in [-0.2, -0.15) is 0 Å². The molecule has 0 bridgehead atoms. The van der Waals surface area contributed by atoms with Crippen LogP contribution in [0.1, 0.15) is 33.6 Å². The van der Waals surface area contributed by atoms with E-state index < -0.39 is 17.7 Å². The third kappa shape index (κ3) is 5.06.